The van der Waals surface area contributed by atoms with E-state index < -0.39 is 32.5 Å². The number of ether oxygens (including phenoxy) is 1. The summed E-state index contributed by atoms with van der Waals surface area (Å²) in [5.41, 5.74) is 0.891. The van der Waals surface area contributed by atoms with Crippen LogP contribution < -0.4 is 19.1 Å². The van der Waals surface area contributed by atoms with Gasteiger partial charge in [0.15, 0.2) is 0 Å². The lowest BCUT2D eigenvalue weighted by Gasteiger charge is -2.26. The minimum atomic E-state index is -4.15. The molecule has 0 saturated heterocycles. The van der Waals surface area contributed by atoms with E-state index in [2.05, 4.69) is 10.0 Å². The summed E-state index contributed by atoms with van der Waals surface area (Å²) >= 11 is 6.07. The summed E-state index contributed by atoms with van der Waals surface area (Å²) in [4.78, 5) is 13.1. The molecule has 12 heteroatoms. The molecule has 3 aromatic rings. The molecule has 2 N–H and O–H groups in total. The Morgan fingerprint density at radius 1 is 0.973 bits per heavy atom. The average Bonchev–Trinajstić information content (AvgIpc) is 2.82. The number of hydrogen-bond donors (Lipinski definition) is 2. The number of carbonyl (C=O) groups is 1. The Balaban J connectivity index is 2.00. The van der Waals surface area contributed by atoms with Gasteiger partial charge in [0.1, 0.15) is 12.3 Å². The molecular weight excluding hydrogens is 538 g/mol. The molecule has 0 aliphatic rings. The maximum atomic E-state index is 13.6. The highest BCUT2D eigenvalue weighted by molar-refractivity contribution is 7.92. The molecule has 3 aromatic carbocycles. The van der Waals surface area contributed by atoms with E-state index in [4.69, 9.17) is 16.3 Å². The highest BCUT2D eigenvalue weighted by atomic mass is 35.5. The molecule has 1 amide bonds. The number of halogens is 1. The quantitative estimate of drug-likeness (QED) is 0.380. The Hall–Kier alpha value is -3.12. The van der Waals surface area contributed by atoms with Crippen molar-refractivity contribution in [1.82, 2.24) is 4.72 Å². The molecule has 0 fully saturated rings. The van der Waals surface area contributed by atoms with Gasteiger partial charge >= 0.3 is 0 Å². The lowest BCUT2D eigenvalue weighted by Crippen LogP contribution is -2.38. The number of nitrogens with one attached hydrogen (secondary N) is 2. The smallest absolute Gasteiger partial charge is 0.264 e. The molecule has 3 rings (SSSR count). The number of amides is 1. The Morgan fingerprint density at radius 3 is 2.24 bits per heavy atom. The van der Waals surface area contributed by atoms with Crippen molar-refractivity contribution < 1.29 is 26.4 Å². The van der Waals surface area contributed by atoms with Crippen LogP contribution in [0.3, 0.4) is 0 Å². The fourth-order valence-corrected chi connectivity index (χ4v) is 6.58. The van der Waals surface area contributed by atoms with Crippen molar-refractivity contribution >= 4 is 48.9 Å². The molecule has 0 aromatic heterocycles. The van der Waals surface area contributed by atoms with Gasteiger partial charge in [0.25, 0.3) is 10.0 Å². The zero-order valence-corrected chi connectivity index (χ0v) is 23.1. The van der Waals surface area contributed by atoms with Gasteiger partial charge in [0.05, 0.1) is 28.3 Å². The van der Waals surface area contributed by atoms with Gasteiger partial charge in [0.2, 0.25) is 15.9 Å². The minimum Gasteiger partial charge on any atom is -0.495 e. The molecule has 0 unspecified atom stereocenters. The predicted molar refractivity (Wildman–Crippen MR) is 144 cm³/mol. The van der Waals surface area contributed by atoms with Gasteiger partial charge < -0.3 is 10.1 Å². The number of carbonyl (C=O) groups excluding carboxylic acids is 1. The summed E-state index contributed by atoms with van der Waals surface area (Å²) in [6.45, 7) is 4.46. The SMILES string of the molecule is COc1ccc(S(=O)(=O)NC(C)C)cc1NC(=O)CN(c1ccc(Cl)cc1C)S(=O)(=O)c1ccccc1. The van der Waals surface area contributed by atoms with Gasteiger partial charge in [-0.1, -0.05) is 29.8 Å². The monoisotopic (exact) mass is 565 g/mol. The van der Waals surface area contributed by atoms with E-state index in [0.717, 1.165) is 4.31 Å². The van der Waals surface area contributed by atoms with Gasteiger partial charge in [-0.15, -0.1) is 0 Å². The number of hydrogen-bond acceptors (Lipinski definition) is 6. The Morgan fingerprint density at radius 2 is 1.65 bits per heavy atom. The molecule has 0 radical (unpaired) electrons. The second-order valence-corrected chi connectivity index (χ2v) is 12.5. The van der Waals surface area contributed by atoms with E-state index in [9.17, 15) is 21.6 Å². The molecule has 0 atom stereocenters. The van der Waals surface area contributed by atoms with Crippen LogP contribution in [0.4, 0.5) is 11.4 Å². The number of benzene rings is 3. The summed E-state index contributed by atoms with van der Waals surface area (Å²) in [6, 6.07) is 16.1. The molecule has 0 saturated carbocycles. The number of sulfonamides is 2. The van der Waals surface area contributed by atoms with Crippen LogP contribution in [0.1, 0.15) is 19.4 Å². The van der Waals surface area contributed by atoms with E-state index >= 15 is 0 Å². The summed E-state index contributed by atoms with van der Waals surface area (Å²) in [7, 11) is -6.63. The topological polar surface area (TPSA) is 122 Å². The standard InChI is InChI=1S/C25H28ClN3O6S2/c1-17(2)28-36(31,32)21-11-13-24(35-4)22(15-21)27-25(30)16-29(23-12-10-19(26)14-18(23)3)37(33,34)20-8-6-5-7-9-20/h5-15,17,28H,16H2,1-4H3,(H,27,30). The van der Waals surface area contributed by atoms with Crippen molar-refractivity contribution in [2.75, 3.05) is 23.3 Å². The Bertz CT molecular complexity index is 1490. The largest absolute Gasteiger partial charge is 0.495 e. The number of rotatable bonds is 10. The third kappa shape index (κ3) is 6.80. The number of methoxy groups -OCH3 is 1. The van der Waals surface area contributed by atoms with Crippen LogP contribution in [0.2, 0.25) is 5.02 Å². The summed E-state index contributed by atoms with van der Waals surface area (Å²) in [5, 5.41) is 3.01. The molecule has 0 heterocycles. The molecule has 37 heavy (non-hydrogen) atoms. The van der Waals surface area contributed by atoms with E-state index in [1.807, 2.05) is 0 Å². The predicted octanol–water partition coefficient (Wildman–Crippen LogP) is 4.18. The summed E-state index contributed by atoms with van der Waals surface area (Å²) < 4.78 is 61.1. The van der Waals surface area contributed by atoms with E-state index in [1.165, 1.54) is 49.6 Å². The van der Waals surface area contributed by atoms with E-state index in [-0.39, 0.29) is 33.0 Å². The summed E-state index contributed by atoms with van der Waals surface area (Å²) in [5.74, 6) is -0.504. The maximum Gasteiger partial charge on any atom is 0.264 e. The number of nitrogens with zero attached hydrogens (tertiary/aromatic N) is 1. The molecule has 198 valence electrons. The van der Waals surface area contributed by atoms with Crippen molar-refractivity contribution in [2.24, 2.45) is 0 Å². The van der Waals surface area contributed by atoms with Gasteiger partial charge in [0, 0.05) is 11.1 Å². The molecule has 0 bridgehead atoms. The van der Waals surface area contributed by atoms with Gasteiger partial charge in [-0.2, -0.15) is 0 Å². The van der Waals surface area contributed by atoms with Crippen LogP contribution in [-0.4, -0.2) is 42.4 Å². The van der Waals surface area contributed by atoms with Crippen molar-refractivity contribution in [3.63, 3.8) is 0 Å². The van der Waals surface area contributed by atoms with Crippen LogP contribution in [0.25, 0.3) is 0 Å². The Kier molecular flexibility index (Phi) is 8.85. The zero-order chi connectivity index (χ0) is 27.4. The van der Waals surface area contributed by atoms with Crippen molar-refractivity contribution in [2.45, 2.75) is 36.6 Å². The van der Waals surface area contributed by atoms with E-state index in [1.54, 1.807) is 45.0 Å². The van der Waals surface area contributed by atoms with Gasteiger partial charge in [-0.3, -0.25) is 9.10 Å². The zero-order valence-electron chi connectivity index (χ0n) is 20.7. The van der Waals surface area contributed by atoms with Crippen molar-refractivity contribution in [1.29, 1.82) is 0 Å². The fraction of sp³-hybridized carbons (Fsp3) is 0.240. The highest BCUT2D eigenvalue weighted by Gasteiger charge is 2.29. The normalized spacial score (nSPS) is 11.8. The molecule has 0 spiro atoms. The first kappa shape index (κ1) is 28.5. The van der Waals surface area contributed by atoms with E-state index in [0.29, 0.717) is 10.6 Å². The Labute approximate surface area is 222 Å². The number of anilines is 2. The lowest BCUT2D eigenvalue weighted by atomic mass is 10.2. The minimum absolute atomic E-state index is 0.00239. The van der Waals surface area contributed by atoms with Crippen LogP contribution in [0.5, 0.6) is 5.75 Å². The number of aryl methyl sites for hydroxylation is 1. The third-order valence-electron chi connectivity index (χ3n) is 5.19. The lowest BCUT2D eigenvalue weighted by molar-refractivity contribution is -0.114. The molecular formula is C25H28ClN3O6S2. The first-order valence-corrected chi connectivity index (χ1v) is 14.5. The van der Waals surface area contributed by atoms with Crippen molar-refractivity contribution in [3.05, 3.63) is 77.3 Å². The second kappa shape index (κ2) is 11.5. The first-order chi connectivity index (χ1) is 17.3. The maximum absolute atomic E-state index is 13.6. The van der Waals surface area contributed by atoms with Crippen LogP contribution in [0, 0.1) is 6.92 Å². The molecule has 9 nitrogen and oxygen atoms in total. The third-order valence-corrected chi connectivity index (χ3v) is 8.86. The fourth-order valence-electron chi connectivity index (χ4n) is 3.57. The van der Waals surface area contributed by atoms with Gasteiger partial charge in [-0.05, 0) is 74.9 Å². The van der Waals surface area contributed by atoms with Crippen molar-refractivity contribution in [3.8, 4) is 5.75 Å². The molecule has 0 aliphatic heterocycles. The average molecular weight is 566 g/mol. The molecule has 0 aliphatic carbocycles. The second-order valence-electron chi connectivity index (χ2n) is 8.44. The van der Waals surface area contributed by atoms with Crippen LogP contribution >= 0.6 is 11.6 Å². The highest BCUT2D eigenvalue weighted by Crippen LogP contribution is 2.30. The van der Waals surface area contributed by atoms with Crippen LogP contribution in [-0.2, 0) is 24.8 Å². The first-order valence-electron chi connectivity index (χ1n) is 11.2. The summed E-state index contributed by atoms with van der Waals surface area (Å²) in [6.07, 6.45) is 0. The van der Waals surface area contributed by atoms with Gasteiger partial charge in [-0.25, -0.2) is 21.6 Å². The van der Waals surface area contributed by atoms with Crippen LogP contribution in [0.15, 0.2) is 76.5 Å².